The van der Waals surface area contributed by atoms with Crippen LogP contribution in [-0.4, -0.2) is 32.2 Å². The lowest BCUT2D eigenvalue weighted by atomic mass is 10.1. The number of rotatable bonds is 7. The predicted octanol–water partition coefficient (Wildman–Crippen LogP) is 4.60. The zero-order valence-corrected chi connectivity index (χ0v) is 17.4. The van der Waals surface area contributed by atoms with Crippen molar-refractivity contribution in [2.45, 2.75) is 13.8 Å². The van der Waals surface area contributed by atoms with Gasteiger partial charge in [-0.1, -0.05) is 15.9 Å². The molecule has 0 unspecified atom stereocenters. The summed E-state index contributed by atoms with van der Waals surface area (Å²) in [6, 6.07) is 10.8. The minimum absolute atomic E-state index is 0.193. The van der Waals surface area contributed by atoms with Crippen LogP contribution in [0.1, 0.15) is 25.0 Å². The Bertz CT molecular complexity index is 952. The monoisotopic (exact) mass is 445 g/mol. The largest absolute Gasteiger partial charge is 0.496 e. The fourth-order valence-corrected chi connectivity index (χ4v) is 3.06. The van der Waals surface area contributed by atoms with Crippen LogP contribution in [0.3, 0.4) is 0 Å². The van der Waals surface area contributed by atoms with Crippen molar-refractivity contribution in [1.29, 1.82) is 0 Å². The van der Waals surface area contributed by atoms with Crippen LogP contribution in [0.15, 0.2) is 51.6 Å². The molecule has 0 fully saturated rings. The summed E-state index contributed by atoms with van der Waals surface area (Å²) in [5.41, 5.74) is 1.54. The normalized spacial score (nSPS) is 14.6. The fourth-order valence-electron chi connectivity index (χ4n) is 2.68. The molecule has 2 aromatic rings. The van der Waals surface area contributed by atoms with Gasteiger partial charge in [0.05, 0.1) is 20.3 Å². The summed E-state index contributed by atoms with van der Waals surface area (Å²) < 4.78 is 22.8. The molecule has 2 aromatic carbocycles. The molecule has 146 valence electrons. The SMILES string of the molecule is CCOc1ccc(C2=N/C(=C\c3cc(Br)ccc3OC)C(=O)O2)cc1OCC. The number of cyclic esters (lactones) is 1. The number of ether oxygens (including phenoxy) is 4. The molecule has 28 heavy (non-hydrogen) atoms. The number of aliphatic imine (C=N–C) groups is 1. The second-order valence-corrected chi connectivity index (χ2v) is 6.67. The van der Waals surface area contributed by atoms with E-state index in [0.717, 1.165) is 10.0 Å². The second kappa shape index (κ2) is 8.93. The van der Waals surface area contributed by atoms with Gasteiger partial charge < -0.3 is 18.9 Å². The number of methoxy groups -OCH3 is 1. The third-order valence-electron chi connectivity index (χ3n) is 3.89. The highest BCUT2D eigenvalue weighted by molar-refractivity contribution is 9.10. The van der Waals surface area contributed by atoms with Gasteiger partial charge in [0, 0.05) is 15.6 Å². The van der Waals surface area contributed by atoms with Crippen molar-refractivity contribution in [2.75, 3.05) is 20.3 Å². The smallest absolute Gasteiger partial charge is 0.363 e. The van der Waals surface area contributed by atoms with Gasteiger partial charge in [-0.3, -0.25) is 0 Å². The number of nitrogens with zero attached hydrogens (tertiary/aromatic N) is 1. The number of carbonyl (C=O) groups is 1. The van der Waals surface area contributed by atoms with Gasteiger partial charge in [0.25, 0.3) is 0 Å². The van der Waals surface area contributed by atoms with Crippen LogP contribution in [0, 0.1) is 0 Å². The van der Waals surface area contributed by atoms with E-state index >= 15 is 0 Å². The summed E-state index contributed by atoms with van der Waals surface area (Å²) in [5.74, 6) is 1.53. The third kappa shape index (κ3) is 4.36. The zero-order chi connectivity index (χ0) is 20.1. The second-order valence-electron chi connectivity index (χ2n) is 5.75. The highest BCUT2D eigenvalue weighted by Gasteiger charge is 2.25. The van der Waals surface area contributed by atoms with Gasteiger partial charge in [0.15, 0.2) is 17.2 Å². The van der Waals surface area contributed by atoms with Gasteiger partial charge >= 0.3 is 5.97 Å². The molecule has 0 amide bonds. The van der Waals surface area contributed by atoms with E-state index in [-0.39, 0.29) is 11.6 Å². The number of hydrogen-bond donors (Lipinski definition) is 0. The molecule has 3 rings (SSSR count). The summed E-state index contributed by atoms with van der Waals surface area (Å²) in [4.78, 5) is 16.7. The Morgan fingerprint density at radius 1 is 1.04 bits per heavy atom. The topological polar surface area (TPSA) is 66.4 Å². The van der Waals surface area contributed by atoms with Gasteiger partial charge in [-0.15, -0.1) is 0 Å². The Morgan fingerprint density at radius 2 is 1.75 bits per heavy atom. The number of benzene rings is 2. The quantitative estimate of drug-likeness (QED) is 0.460. The first-order chi connectivity index (χ1) is 13.5. The molecule has 7 heteroatoms. The van der Waals surface area contributed by atoms with Crippen LogP contribution in [0.4, 0.5) is 0 Å². The van der Waals surface area contributed by atoms with Crippen molar-refractivity contribution >= 4 is 33.9 Å². The fraction of sp³-hybridized carbons (Fsp3) is 0.238. The van der Waals surface area contributed by atoms with E-state index in [1.54, 1.807) is 31.4 Å². The average molecular weight is 446 g/mol. The minimum atomic E-state index is -0.524. The molecule has 0 spiro atoms. The van der Waals surface area contributed by atoms with Crippen molar-refractivity contribution in [3.05, 3.63) is 57.7 Å². The highest BCUT2D eigenvalue weighted by atomic mass is 79.9. The Kier molecular flexibility index (Phi) is 6.36. The van der Waals surface area contributed by atoms with Crippen LogP contribution < -0.4 is 14.2 Å². The van der Waals surface area contributed by atoms with Crippen molar-refractivity contribution in [2.24, 2.45) is 4.99 Å². The first-order valence-electron chi connectivity index (χ1n) is 8.81. The molecule has 0 saturated carbocycles. The van der Waals surface area contributed by atoms with E-state index in [0.29, 0.717) is 36.0 Å². The summed E-state index contributed by atoms with van der Waals surface area (Å²) in [5, 5.41) is 0. The van der Waals surface area contributed by atoms with Crippen molar-refractivity contribution in [3.8, 4) is 17.2 Å². The van der Waals surface area contributed by atoms with Crippen LogP contribution in [0.5, 0.6) is 17.2 Å². The lowest BCUT2D eigenvalue weighted by Gasteiger charge is -2.11. The maximum Gasteiger partial charge on any atom is 0.363 e. The van der Waals surface area contributed by atoms with Gasteiger partial charge in [0.2, 0.25) is 5.90 Å². The lowest BCUT2D eigenvalue weighted by molar-refractivity contribution is -0.129. The molecule has 0 aromatic heterocycles. The first-order valence-corrected chi connectivity index (χ1v) is 9.61. The van der Waals surface area contributed by atoms with Gasteiger partial charge in [-0.25, -0.2) is 9.79 Å². The molecule has 0 saturated heterocycles. The van der Waals surface area contributed by atoms with Crippen LogP contribution in [0.2, 0.25) is 0 Å². The summed E-state index contributed by atoms with van der Waals surface area (Å²) in [6.07, 6.45) is 1.64. The molecule has 0 radical (unpaired) electrons. The molecule has 1 heterocycles. The minimum Gasteiger partial charge on any atom is -0.496 e. The average Bonchev–Trinajstić information content (AvgIpc) is 3.04. The Labute approximate surface area is 171 Å². The van der Waals surface area contributed by atoms with Gasteiger partial charge in [-0.2, -0.15) is 0 Å². The number of esters is 1. The first kappa shape index (κ1) is 19.9. The Balaban J connectivity index is 1.96. The molecule has 0 atom stereocenters. The van der Waals surface area contributed by atoms with E-state index < -0.39 is 5.97 Å². The standard InChI is InChI=1S/C21H20BrNO5/c1-4-26-18-8-6-13(12-19(18)27-5-2)20-23-16(21(24)28-20)11-14-10-15(22)7-9-17(14)25-3/h6-12H,4-5H2,1-3H3/b16-11-. The number of hydrogen-bond acceptors (Lipinski definition) is 6. The maximum atomic E-state index is 12.3. The van der Waals surface area contributed by atoms with Crippen LogP contribution >= 0.6 is 15.9 Å². The molecular weight excluding hydrogens is 426 g/mol. The molecular formula is C21H20BrNO5. The van der Waals surface area contributed by atoms with E-state index in [2.05, 4.69) is 20.9 Å². The molecule has 0 aliphatic carbocycles. The van der Waals surface area contributed by atoms with E-state index in [1.165, 1.54) is 0 Å². The van der Waals surface area contributed by atoms with E-state index in [4.69, 9.17) is 18.9 Å². The van der Waals surface area contributed by atoms with Gasteiger partial charge in [0.1, 0.15) is 5.75 Å². The van der Waals surface area contributed by atoms with E-state index in [9.17, 15) is 4.79 Å². The number of carbonyl (C=O) groups excluding carboxylic acids is 1. The zero-order valence-electron chi connectivity index (χ0n) is 15.8. The molecule has 0 N–H and O–H groups in total. The molecule has 6 nitrogen and oxygen atoms in total. The van der Waals surface area contributed by atoms with Crippen LogP contribution in [0.25, 0.3) is 6.08 Å². The van der Waals surface area contributed by atoms with Gasteiger partial charge in [-0.05, 0) is 56.3 Å². The maximum absolute atomic E-state index is 12.3. The molecule has 1 aliphatic heterocycles. The summed E-state index contributed by atoms with van der Waals surface area (Å²) >= 11 is 3.42. The third-order valence-corrected chi connectivity index (χ3v) is 4.39. The number of halogens is 1. The summed E-state index contributed by atoms with van der Waals surface area (Å²) in [7, 11) is 1.57. The summed E-state index contributed by atoms with van der Waals surface area (Å²) in [6.45, 7) is 4.81. The predicted molar refractivity (Wildman–Crippen MR) is 110 cm³/mol. The molecule has 1 aliphatic rings. The van der Waals surface area contributed by atoms with Crippen molar-refractivity contribution < 1.29 is 23.7 Å². The van der Waals surface area contributed by atoms with Crippen molar-refractivity contribution in [3.63, 3.8) is 0 Å². The highest BCUT2D eigenvalue weighted by Crippen LogP contribution is 2.31. The Morgan fingerprint density at radius 3 is 2.46 bits per heavy atom. The van der Waals surface area contributed by atoms with Crippen molar-refractivity contribution in [1.82, 2.24) is 0 Å². The van der Waals surface area contributed by atoms with Crippen LogP contribution in [-0.2, 0) is 9.53 Å². The van der Waals surface area contributed by atoms with E-state index in [1.807, 2.05) is 32.0 Å². The Hall–Kier alpha value is -2.80. The lowest BCUT2D eigenvalue weighted by Crippen LogP contribution is -2.06. The molecule has 0 bridgehead atoms.